The van der Waals surface area contributed by atoms with Crippen LogP contribution < -0.4 is 10.2 Å². The Morgan fingerprint density at radius 3 is 3.00 bits per heavy atom. The van der Waals surface area contributed by atoms with Crippen LogP contribution in [0.3, 0.4) is 0 Å². The molecule has 2 rings (SSSR count). The number of thioether (sulfide) groups is 1. The Balaban J connectivity index is 2.29. The molecule has 2 heterocycles. The summed E-state index contributed by atoms with van der Waals surface area (Å²) in [6.07, 6.45) is 0.874. The van der Waals surface area contributed by atoms with E-state index in [9.17, 15) is 0 Å². The van der Waals surface area contributed by atoms with Gasteiger partial charge in [0, 0.05) is 43.6 Å². The van der Waals surface area contributed by atoms with Crippen molar-refractivity contribution in [3.8, 4) is 0 Å². The number of hydrogen-bond donors (Lipinski definition) is 1. The van der Waals surface area contributed by atoms with Gasteiger partial charge in [0.2, 0.25) is 0 Å². The highest BCUT2D eigenvalue weighted by Crippen LogP contribution is 2.24. The highest BCUT2D eigenvalue weighted by atomic mass is 32.2. The van der Waals surface area contributed by atoms with Gasteiger partial charge in [0.25, 0.3) is 0 Å². The molecule has 17 heavy (non-hydrogen) atoms. The van der Waals surface area contributed by atoms with Crippen LogP contribution in [0.15, 0.2) is 6.07 Å². The fraction of sp³-hybridized carbons (Fsp3) is 0.667. The fourth-order valence-corrected chi connectivity index (χ4v) is 3.00. The topological polar surface area (TPSA) is 41.1 Å². The van der Waals surface area contributed by atoms with Crippen molar-refractivity contribution in [2.24, 2.45) is 0 Å². The lowest BCUT2D eigenvalue weighted by molar-refractivity contribution is 0.685. The van der Waals surface area contributed by atoms with Crippen molar-refractivity contribution < 1.29 is 0 Å². The first kappa shape index (κ1) is 12.5. The van der Waals surface area contributed by atoms with Crippen LogP contribution in [-0.2, 0) is 6.42 Å². The predicted octanol–water partition coefficient (Wildman–Crippen LogP) is 2.02. The second kappa shape index (κ2) is 5.58. The van der Waals surface area contributed by atoms with Crippen molar-refractivity contribution in [1.29, 1.82) is 0 Å². The average molecular weight is 252 g/mol. The number of nitrogens with zero attached hydrogens (tertiary/aromatic N) is 3. The van der Waals surface area contributed by atoms with Gasteiger partial charge in [-0.25, -0.2) is 9.97 Å². The van der Waals surface area contributed by atoms with Crippen molar-refractivity contribution in [3.63, 3.8) is 0 Å². The summed E-state index contributed by atoms with van der Waals surface area (Å²) in [5, 5.41) is 3.11. The van der Waals surface area contributed by atoms with Crippen molar-refractivity contribution in [2.45, 2.75) is 26.3 Å². The Morgan fingerprint density at radius 1 is 1.53 bits per heavy atom. The van der Waals surface area contributed by atoms with Crippen LogP contribution in [0.5, 0.6) is 0 Å². The van der Waals surface area contributed by atoms with Crippen molar-refractivity contribution >= 4 is 23.4 Å². The summed E-state index contributed by atoms with van der Waals surface area (Å²) < 4.78 is 0. The molecule has 4 nitrogen and oxygen atoms in total. The minimum Gasteiger partial charge on any atom is -0.373 e. The van der Waals surface area contributed by atoms with E-state index in [0.29, 0.717) is 6.04 Å². The van der Waals surface area contributed by atoms with Crippen molar-refractivity contribution in [3.05, 3.63) is 11.9 Å². The Hall–Kier alpha value is -0.970. The number of aromatic nitrogens is 2. The van der Waals surface area contributed by atoms with E-state index in [1.807, 2.05) is 24.9 Å². The van der Waals surface area contributed by atoms with Crippen LogP contribution >= 0.6 is 11.8 Å². The molecule has 1 fully saturated rings. The SMILES string of the molecule is CCc1nc(NC)cc(N2CCSCC2C)n1. The zero-order valence-corrected chi connectivity index (χ0v) is 11.5. The van der Waals surface area contributed by atoms with Crippen LogP contribution in [0.2, 0.25) is 0 Å². The lowest BCUT2D eigenvalue weighted by atomic mass is 10.3. The van der Waals surface area contributed by atoms with Crippen molar-refractivity contribution in [1.82, 2.24) is 9.97 Å². The van der Waals surface area contributed by atoms with E-state index in [4.69, 9.17) is 0 Å². The summed E-state index contributed by atoms with van der Waals surface area (Å²) in [4.78, 5) is 11.5. The van der Waals surface area contributed by atoms with E-state index < -0.39 is 0 Å². The van der Waals surface area contributed by atoms with Gasteiger partial charge in [-0.1, -0.05) is 6.92 Å². The Labute approximate surface area is 107 Å². The zero-order valence-electron chi connectivity index (χ0n) is 10.7. The summed E-state index contributed by atoms with van der Waals surface area (Å²) >= 11 is 2.02. The molecule has 0 spiro atoms. The van der Waals surface area contributed by atoms with Gasteiger partial charge in [0.05, 0.1) is 0 Å². The van der Waals surface area contributed by atoms with Crippen LogP contribution in [0.1, 0.15) is 19.7 Å². The summed E-state index contributed by atoms with van der Waals surface area (Å²) in [6, 6.07) is 2.60. The third kappa shape index (κ3) is 2.83. The third-order valence-electron chi connectivity index (χ3n) is 2.99. The van der Waals surface area contributed by atoms with E-state index in [2.05, 4.69) is 34.0 Å². The summed E-state index contributed by atoms with van der Waals surface area (Å²) in [7, 11) is 1.90. The molecule has 1 unspecified atom stereocenters. The van der Waals surface area contributed by atoms with E-state index in [1.165, 1.54) is 11.5 Å². The van der Waals surface area contributed by atoms with E-state index in [0.717, 1.165) is 30.4 Å². The lowest BCUT2D eigenvalue weighted by Crippen LogP contribution is -2.41. The maximum Gasteiger partial charge on any atom is 0.134 e. The first-order valence-corrected chi connectivity index (χ1v) is 7.30. The van der Waals surface area contributed by atoms with Gasteiger partial charge < -0.3 is 10.2 Å². The maximum absolute atomic E-state index is 4.64. The predicted molar refractivity (Wildman–Crippen MR) is 75.1 cm³/mol. The average Bonchev–Trinajstić information content (AvgIpc) is 2.38. The number of anilines is 2. The summed E-state index contributed by atoms with van der Waals surface area (Å²) in [5.74, 6) is 5.26. The molecular weight excluding hydrogens is 232 g/mol. The summed E-state index contributed by atoms with van der Waals surface area (Å²) in [5.41, 5.74) is 0. The van der Waals surface area contributed by atoms with E-state index in [-0.39, 0.29) is 0 Å². The second-order valence-electron chi connectivity index (χ2n) is 4.25. The number of aryl methyl sites for hydroxylation is 1. The summed E-state index contributed by atoms with van der Waals surface area (Å²) in [6.45, 7) is 5.43. The van der Waals surface area contributed by atoms with Gasteiger partial charge in [0.15, 0.2) is 0 Å². The highest BCUT2D eigenvalue weighted by Gasteiger charge is 2.20. The molecule has 5 heteroatoms. The van der Waals surface area contributed by atoms with Gasteiger partial charge in [-0.05, 0) is 6.92 Å². The van der Waals surface area contributed by atoms with Gasteiger partial charge in [0.1, 0.15) is 17.5 Å². The second-order valence-corrected chi connectivity index (χ2v) is 5.40. The molecule has 0 radical (unpaired) electrons. The lowest BCUT2D eigenvalue weighted by Gasteiger charge is -2.34. The molecule has 0 aromatic carbocycles. The van der Waals surface area contributed by atoms with E-state index >= 15 is 0 Å². The van der Waals surface area contributed by atoms with Crippen LogP contribution in [-0.4, -0.2) is 41.1 Å². The molecule has 1 atom stereocenters. The molecule has 0 bridgehead atoms. The van der Waals surface area contributed by atoms with Crippen LogP contribution in [0.4, 0.5) is 11.6 Å². The fourth-order valence-electron chi connectivity index (χ4n) is 1.98. The molecule has 1 saturated heterocycles. The number of hydrogen-bond acceptors (Lipinski definition) is 5. The molecule has 1 N–H and O–H groups in total. The van der Waals surface area contributed by atoms with Gasteiger partial charge in [-0.3, -0.25) is 0 Å². The minimum absolute atomic E-state index is 0.554. The Morgan fingerprint density at radius 2 is 2.35 bits per heavy atom. The molecule has 1 aromatic rings. The zero-order chi connectivity index (χ0) is 12.3. The van der Waals surface area contributed by atoms with Crippen LogP contribution in [0, 0.1) is 0 Å². The molecular formula is C12H20N4S. The monoisotopic (exact) mass is 252 g/mol. The van der Waals surface area contributed by atoms with Gasteiger partial charge in [-0.15, -0.1) is 0 Å². The maximum atomic E-state index is 4.64. The minimum atomic E-state index is 0.554. The number of rotatable bonds is 3. The van der Waals surface area contributed by atoms with Crippen molar-refractivity contribution in [2.75, 3.05) is 35.3 Å². The Kier molecular flexibility index (Phi) is 4.10. The van der Waals surface area contributed by atoms with E-state index in [1.54, 1.807) is 0 Å². The Bertz CT molecular complexity index is 361. The standard InChI is InChI=1S/C12H20N4S/c1-4-10-14-11(13-3)7-12(15-10)16-5-6-17-8-9(16)2/h7,9H,4-6,8H2,1-3H3,(H,13,14,15). The first-order chi connectivity index (χ1) is 8.24. The quantitative estimate of drug-likeness (QED) is 0.891. The largest absolute Gasteiger partial charge is 0.373 e. The number of nitrogens with one attached hydrogen (secondary N) is 1. The normalized spacial score (nSPS) is 20.4. The van der Waals surface area contributed by atoms with Gasteiger partial charge in [-0.2, -0.15) is 11.8 Å². The molecule has 1 aliphatic heterocycles. The third-order valence-corrected chi connectivity index (χ3v) is 4.18. The molecule has 1 aromatic heterocycles. The molecule has 0 saturated carbocycles. The first-order valence-electron chi connectivity index (χ1n) is 6.14. The molecule has 0 aliphatic carbocycles. The molecule has 0 amide bonds. The van der Waals surface area contributed by atoms with Gasteiger partial charge >= 0.3 is 0 Å². The highest BCUT2D eigenvalue weighted by molar-refractivity contribution is 7.99. The smallest absolute Gasteiger partial charge is 0.134 e. The van der Waals surface area contributed by atoms with Crippen LogP contribution in [0.25, 0.3) is 0 Å². The molecule has 94 valence electrons. The molecule has 1 aliphatic rings.